The summed E-state index contributed by atoms with van der Waals surface area (Å²) in [6.45, 7) is 1.57. The SMILES string of the molecule is CNc1cc(N(C)CC2CCCO2)cc([N+](=O)[O-])c1. The first-order chi connectivity index (χ1) is 9.10. The molecule has 1 heterocycles. The van der Waals surface area contributed by atoms with Gasteiger partial charge in [0.05, 0.1) is 11.0 Å². The molecule has 2 rings (SSSR count). The molecule has 19 heavy (non-hydrogen) atoms. The molecule has 1 aliphatic heterocycles. The van der Waals surface area contributed by atoms with Gasteiger partial charge in [-0.2, -0.15) is 0 Å². The Kier molecular flexibility index (Phi) is 4.21. The minimum atomic E-state index is -0.371. The van der Waals surface area contributed by atoms with E-state index in [1.165, 1.54) is 6.07 Å². The van der Waals surface area contributed by atoms with Crippen molar-refractivity contribution < 1.29 is 9.66 Å². The van der Waals surface area contributed by atoms with Gasteiger partial charge in [-0.25, -0.2) is 0 Å². The Bertz CT molecular complexity index is 458. The topological polar surface area (TPSA) is 67.6 Å². The Morgan fingerprint density at radius 1 is 1.53 bits per heavy atom. The van der Waals surface area contributed by atoms with Gasteiger partial charge in [0, 0.05) is 50.8 Å². The van der Waals surface area contributed by atoms with E-state index in [1.54, 1.807) is 13.1 Å². The van der Waals surface area contributed by atoms with Gasteiger partial charge >= 0.3 is 0 Å². The number of nitrogens with zero attached hydrogens (tertiary/aromatic N) is 2. The molecule has 1 atom stereocenters. The van der Waals surface area contributed by atoms with Crippen LogP contribution >= 0.6 is 0 Å². The first-order valence-electron chi connectivity index (χ1n) is 6.40. The lowest BCUT2D eigenvalue weighted by Crippen LogP contribution is -2.28. The third-order valence-corrected chi connectivity index (χ3v) is 3.34. The molecule has 0 spiro atoms. The second kappa shape index (κ2) is 5.88. The zero-order chi connectivity index (χ0) is 13.8. The lowest BCUT2D eigenvalue weighted by atomic mass is 10.2. The predicted octanol–water partition coefficient (Wildman–Crippen LogP) is 2.25. The van der Waals surface area contributed by atoms with Gasteiger partial charge in [-0.3, -0.25) is 10.1 Å². The molecule has 6 nitrogen and oxygen atoms in total. The number of anilines is 2. The van der Waals surface area contributed by atoms with Crippen LogP contribution in [0.5, 0.6) is 0 Å². The second-order valence-corrected chi connectivity index (χ2v) is 4.76. The predicted molar refractivity (Wildman–Crippen MR) is 74.9 cm³/mol. The van der Waals surface area contributed by atoms with Crippen molar-refractivity contribution in [2.75, 3.05) is 37.5 Å². The Morgan fingerprint density at radius 3 is 2.89 bits per heavy atom. The van der Waals surface area contributed by atoms with Crippen LogP contribution in [-0.4, -0.2) is 38.3 Å². The van der Waals surface area contributed by atoms with E-state index in [0.717, 1.165) is 37.4 Å². The monoisotopic (exact) mass is 265 g/mol. The fourth-order valence-electron chi connectivity index (χ4n) is 2.26. The summed E-state index contributed by atoms with van der Waals surface area (Å²) in [6, 6.07) is 5.03. The molecule has 0 bridgehead atoms. The van der Waals surface area contributed by atoms with E-state index in [2.05, 4.69) is 5.32 Å². The van der Waals surface area contributed by atoms with Crippen LogP contribution in [0.1, 0.15) is 12.8 Å². The zero-order valence-electron chi connectivity index (χ0n) is 11.3. The molecule has 0 amide bonds. The third kappa shape index (κ3) is 3.35. The largest absolute Gasteiger partial charge is 0.388 e. The van der Waals surface area contributed by atoms with Crippen molar-refractivity contribution in [1.29, 1.82) is 0 Å². The van der Waals surface area contributed by atoms with E-state index in [0.29, 0.717) is 0 Å². The standard InChI is InChI=1S/C13H19N3O3/c1-14-10-6-11(8-12(7-10)16(17)18)15(2)9-13-4-3-5-19-13/h6-8,13-14H,3-5,9H2,1-2H3. The highest BCUT2D eigenvalue weighted by Gasteiger charge is 2.19. The van der Waals surface area contributed by atoms with Crippen molar-refractivity contribution >= 4 is 17.1 Å². The van der Waals surface area contributed by atoms with Crippen molar-refractivity contribution in [1.82, 2.24) is 0 Å². The molecule has 1 aromatic carbocycles. The molecular formula is C13H19N3O3. The summed E-state index contributed by atoms with van der Waals surface area (Å²) in [5, 5.41) is 13.9. The van der Waals surface area contributed by atoms with Crippen LogP contribution < -0.4 is 10.2 Å². The summed E-state index contributed by atoms with van der Waals surface area (Å²) < 4.78 is 5.59. The summed E-state index contributed by atoms with van der Waals surface area (Å²) in [5.41, 5.74) is 1.67. The number of nitrogens with one attached hydrogen (secondary N) is 1. The smallest absolute Gasteiger partial charge is 0.273 e. The first kappa shape index (κ1) is 13.6. The Hall–Kier alpha value is -1.82. The van der Waals surface area contributed by atoms with Gasteiger partial charge in [0.25, 0.3) is 5.69 Å². The Labute approximate surface area is 112 Å². The van der Waals surface area contributed by atoms with Crippen LogP contribution in [0.2, 0.25) is 0 Å². The van der Waals surface area contributed by atoms with Gasteiger partial charge in [-0.15, -0.1) is 0 Å². The average Bonchev–Trinajstić information content (AvgIpc) is 2.90. The highest BCUT2D eigenvalue weighted by molar-refractivity contribution is 5.64. The summed E-state index contributed by atoms with van der Waals surface area (Å²) in [6.07, 6.45) is 2.37. The van der Waals surface area contributed by atoms with Gasteiger partial charge in [0.15, 0.2) is 0 Å². The van der Waals surface area contributed by atoms with Crippen molar-refractivity contribution in [3.63, 3.8) is 0 Å². The number of non-ortho nitro benzene ring substituents is 1. The van der Waals surface area contributed by atoms with Crippen LogP contribution in [0.15, 0.2) is 18.2 Å². The Balaban J connectivity index is 2.17. The molecule has 1 unspecified atom stereocenters. The minimum absolute atomic E-state index is 0.0982. The lowest BCUT2D eigenvalue weighted by molar-refractivity contribution is -0.384. The van der Waals surface area contributed by atoms with E-state index < -0.39 is 0 Å². The van der Waals surface area contributed by atoms with Crippen molar-refractivity contribution in [2.45, 2.75) is 18.9 Å². The maximum absolute atomic E-state index is 10.9. The summed E-state index contributed by atoms with van der Waals surface area (Å²) in [7, 11) is 3.68. The number of ether oxygens (including phenoxy) is 1. The van der Waals surface area contributed by atoms with Crippen molar-refractivity contribution in [2.24, 2.45) is 0 Å². The molecule has 1 saturated heterocycles. The van der Waals surface area contributed by atoms with E-state index >= 15 is 0 Å². The number of rotatable bonds is 5. The fourth-order valence-corrected chi connectivity index (χ4v) is 2.26. The number of hydrogen-bond donors (Lipinski definition) is 1. The molecule has 0 saturated carbocycles. The summed E-state index contributed by atoms with van der Waals surface area (Å²) >= 11 is 0. The molecule has 1 fully saturated rings. The number of likely N-dealkylation sites (N-methyl/N-ethyl adjacent to an activating group) is 1. The molecule has 0 aromatic heterocycles. The van der Waals surface area contributed by atoms with Crippen LogP contribution in [-0.2, 0) is 4.74 Å². The van der Waals surface area contributed by atoms with E-state index in [1.807, 2.05) is 18.0 Å². The normalized spacial score (nSPS) is 18.3. The number of nitro benzene ring substituents is 1. The molecule has 104 valence electrons. The van der Waals surface area contributed by atoms with Crippen LogP contribution in [0.4, 0.5) is 17.1 Å². The van der Waals surface area contributed by atoms with Crippen molar-refractivity contribution in [3.05, 3.63) is 28.3 Å². The average molecular weight is 265 g/mol. The van der Waals surface area contributed by atoms with Crippen molar-refractivity contribution in [3.8, 4) is 0 Å². The molecule has 0 radical (unpaired) electrons. The Morgan fingerprint density at radius 2 is 2.32 bits per heavy atom. The molecular weight excluding hydrogens is 246 g/mol. The van der Waals surface area contributed by atoms with Crippen LogP contribution in [0, 0.1) is 10.1 Å². The molecule has 1 aromatic rings. The fraction of sp³-hybridized carbons (Fsp3) is 0.538. The number of nitro groups is 1. The van der Waals surface area contributed by atoms with Gasteiger partial charge in [-0.1, -0.05) is 0 Å². The van der Waals surface area contributed by atoms with E-state index in [4.69, 9.17) is 4.74 Å². The van der Waals surface area contributed by atoms with E-state index in [-0.39, 0.29) is 16.7 Å². The van der Waals surface area contributed by atoms with E-state index in [9.17, 15) is 10.1 Å². The first-order valence-corrected chi connectivity index (χ1v) is 6.40. The summed E-state index contributed by atoms with van der Waals surface area (Å²) in [5.74, 6) is 0. The van der Waals surface area contributed by atoms with Gasteiger partial charge < -0.3 is 15.0 Å². The zero-order valence-corrected chi connectivity index (χ0v) is 11.3. The number of benzene rings is 1. The quantitative estimate of drug-likeness (QED) is 0.653. The molecule has 6 heteroatoms. The van der Waals surface area contributed by atoms with Gasteiger partial charge in [-0.05, 0) is 18.9 Å². The lowest BCUT2D eigenvalue weighted by Gasteiger charge is -2.23. The molecule has 1 aliphatic rings. The minimum Gasteiger partial charge on any atom is -0.388 e. The summed E-state index contributed by atoms with van der Waals surface area (Å²) in [4.78, 5) is 12.6. The van der Waals surface area contributed by atoms with Gasteiger partial charge in [0.1, 0.15) is 0 Å². The highest BCUT2D eigenvalue weighted by atomic mass is 16.6. The second-order valence-electron chi connectivity index (χ2n) is 4.76. The van der Waals surface area contributed by atoms with Gasteiger partial charge in [0.2, 0.25) is 0 Å². The maximum atomic E-state index is 10.9. The molecule has 0 aliphatic carbocycles. The maximum Gasteiger partial charge on any atom is 0.273 e. The highest BCUT2D eigenvalue weighted by Crippen LogP contribution is 2.27. The van der Waals surface area contributed by atoms with Crippen LogP contribution in [0.25, 0.3) is 0 Å². The number of hydrogen-bond acceptors (Lipinski definition) is 5. The van der Waals surface area contributed by atoms with Crippen LogP contribution in [0.3, 0.4) is 0 Å². The third-order valence-electron chi connectivity index (χ3n) is 3.34. The molecule has 1 N–H and O–H groups in total.